The van der Waals surface area contributed by atoms with Gasteiger partial charge in [-0.05, 0) is 72.9 Å². The lowest BCUT2D eigenvalue weighted by Crippen LogP contribution is -2.29. The second-order valence-corrected chi connectivity index (χ2v) is 10.8. The van der Waals surface area contributed by atoms with Crippen LogP contribution in [0.1, 0.15) is 46.2 Å². The molecule has 2 aliphatic rings. The van der Waals surface area contributed by atoms with Crippen molar-refractivity contribution in [3.05, 3.63) is 135 Å². The normalized spacial score (nSPS) is 19.7. The molecule has 38 heavy (non-hydrogen) atoms. The van der Waals surface area contributed by atoms with Crippen molar-refractivity contribution in [3.63, 3.8) is 0 Å². The van der Waals surface area contributed by atoms with E-state index in [1.807, 2.05) is 42.5 Å². The highest BCUT2D eigenvalue weighted by Crippen LogP contribution is 2.50. The standard InChI is InChI=1S/C33H28Cl2N2O/c1-21-9-15-31-29(17-21)27-6-4-7-28(27)33(37-31)22-10-13-26(14-11-22)36-19-24-18-25(34)12-16-32(24)38-20-23-5-2-3-8-30(23)35/h2-6,8-19,27-28,33,37H,7,20H2,1H3/t27-,28-,33+/m1/s1. The van der Waals surface area contributed by atoms with Crippen molar-refractivity contribution < 1.29 is 4.74 Å². The van der Waals surface area contributed by atoms with Gasteiger partial charge in [0.1, 0.15) is 12.4 Å². The molecule has 1 N–H and O–H groups in total. The van der Waals surface area contributed by atoms with Crippen LogP contribution >= 0.6 is 23.2 Å². The van der Waals surface area contributed by atoms with Gasteiger partial charge in [-0.15, -0.1) is 0 Å². The van der Waals surface area contributed by atoms with E-state index < -0.39 is 0 Å². The van der Waals surface area contributed by atoms with E-state index in [0.717, 1.165) is 23.2 Å². The summed E-state index contributed by atoms with van der Waals surface area (Å²) in [5, 5.41) is 5.13. The highest BCUT2D eigenvalue weighted by molar-refractivity contribution is 6.31. The fourth-order valence-electron chi connectivity index (χ4n) is 5.48. The second-order valence-electron chi connectivity index (χ2n) is 9.98. The summed E-state index contributed by atoms with van der Waals surface area (Å²) in [6.07, 6.45) is 7.60. The monoisotopic (exact) mass is 538 g/mol. The van der Waals surface area contributed by atoms with E-state index in [1.165, 1.54) is 22.4 Å². The fraction of sp³-hybridized carbons (Fsp3) is 0.182. The zero-order chi connectivity index (χ0) is 26.1. The molecule has 0 radical (unpaired) electrons. The number of hydrogen-bond acceptors (Lipinski definition) is 3. The summed E-state index contributed by atoms with van der Waals surface area (Å²) >= 11 is 12.6. The lowest BCUT2D eigenvalue weighted by molar-refractivity contribution is 0.306. The third-order valence-electron chi connectivity index (χ3n) is 7.44. The van der Waals surface area contributed by atoms with Crippen LogP contribution in [-0.4, -0.2) is 6.21 Å². The number of benzene rings is 4. The van der Waals surface area contributed by atoms with Crippen LogP contribution in [0.2, 0.25) is 10.0 Å². The molecule has 1 aliphatic carbocycles. The van der Waals surface area contributed by atoms with Crippen molar-refractivity contribution in [1.29, 1.82) is 0 Å². The Morgan fingerprint density at radius 2 is 1.82 bits per heavy atom. The zero-order valence-corrected chi connectivity index (χ0v) is 22.6. The zero-order valence-electron chi connectivity index (χ0n) is 21.1. The maximum absolute atomic E-state index is 6.29. The quantitative estimate of drug-likeness (QED) is 0.196. The van der Waals surface area contributed by atoms with Gasteiger partial charge in [-0.2, -0.15) is 0 Å². The maximum atomic E-state index is 6.29. The minimum Gasteiger partial charge on any atom is -0.488 e. The van der Waals surface area contributed by atoms with Gasteiger partial charge in [-0.3, -0.25) is 4.99 Å². The number of aryl methyl sites for hydroxylation is 1. The Kier molecular flexibility index (Phi) is 6.97. The molecular weight excluding hydrogens is 511 g/mol. The average Bonchev–Trinajstić information content (AvgIpc) is 3.43. The van der Waals surface area contributed by atoms with Gasteiger partial charge in [0, 0.05) is 39.0 Å². The third kappa shape index (κ3) is 5.09. The minimum atomic E-state index is 0.265. The minimum absolute atomic E-state index is 0.265. The summed E-state index contributed by atoms with van der Waals surface area (Å²) in [5.74, 6) is 1.68. The molecule has 0 fully saturated rings. The van der Waals surface area contributed by atoms with Crippen LogP contribution in [-0.2, 0) is 6.61 Å². The Hall–Kier alpha value is -3.53. The van der Waals surface area contributed by atoms with Gasteiger partial charge in [0.25, 0.3) is 0 Å². The van der Waals surface area contributed by atoms with E-state index in [-0.39, 0.29) is 6.04 Å². The lowest BCUT2D eigenvalue weighted by atomic mass is 9.76. The second kappa shape index (κ2) is 10.7. The highest BCUT2D eigenvalue weighted by Gasteiger charge is 2.37. The SMILES string of the molecule is Cc1ccc2c(c1)[C@@H]1C=CC[C@H]1[C@H](c1ccc(N=Cc3cc(Cl)ccc3OCc3ccccc3Cl)cc1)N2. The van der Waals surface area contributed by atoms with Crippen LogP contribution in [0.3, 0.4) is 0 Å². The van der Waals surface area contributed by atoms with Crippen molar-refractivity contribution in [2.75, 3.05) is 5.32 Å². The summed E-state index contributed by atoms with van der Waals surface area (Å²) in [5.41, 5.74) is 7.85. The molecule has 4 aromatic rings. The number of anilines is 1. The maximum Gasteiger partial charge on any atom is 0.128 e. The van der Waals surface area contributed by atoms with Gasteiger partial charge >= 0.3 is 0 Å². The van der Waals surface area contributed by atoms with Crippen LogP contribution in [0.25, 0.3) is 0 Å². The number of nitrogens with one attached hydrogen (secondary N) is 1. The first-order chi connectivity index (χ1) is 18.5. The van der Waals surface area contributed by atoms with Crippen LogP contribution in [0.15, 0.2) is 102 Å². The first-order valence-corrected chi connectivity index (χ1v) is 13.6. The predicted molar refractivity (Wildman–Crippen MR) is 158 cm³/mol. The molecule has 1 aliphatic heterocycles. The molecule has 0 amide bonds. The van der Waals surface area contributed by atoms with Gasteiger partial charge < -0.3 is 10.1 Å². The van der Waals surface area contributed by atoms with Gasteiger partial charge in [-0.1, -0.05) is 83.4 Å². The Morgan fingerprint density at radius 1 is 0.974 bits per heavy atom. The van der Waals surface area contributed by atoms with Crippen LogP contribution in [0, 0.1) is 12.8 Å². The van der Waals surface area contributed by atoms with Crippen molar-refractivity contribution in [2.45, 2.75) is 31.9 Å². The first kappa shape index (κ1) is 24.8. The number of nitrogens with zero attached hydrogens (tertiary/aromatic N) is 1. The molecule has 3 nitrogen and oxygen atoms in total. The smallest absolute Gasteiger partial charge is 0.128 e. The van der Waals surface area contributed by atoms with Gasteiger partial charge in [0.15, 0.2) is 0 Å². The molecule has 0 spiro atoms. The average molecular weight is 540 g/mol. The number of aliphatic imine (C=N–C) groups is 1. The number of rotatable bonds is 6. The van der Waals surface area contributed by atoms with Crippen molar-refractivity contribution >= 4 is 40.8 Å². The molecule has 6 rings (SSSR count). The van der Waals surface area contributed by atoms with E-state index in [9.17, 15) is 0 Å². The summed E-state index contributed by atoms with van der Waals surface area (Å²) in [6, 6.07) is 28.7. The van der Waals surface area contributed by atoms with Crippen LogP contribution in [0.4, 0.5) is 11.4 Å². The molecule has 4 aromatic carbocycles. The highest BCUT2D eigenvalue weighted by atomic mass is 35.5. The van der Waals surface area contributed by atoms with Crippen molar-refractivity contribution in [2.24, 2.45) is 10.9 Å². The molecule has 0 bridgehead atoms. The van der Waals surface area contributed by atoms with Gasteiger partial charge in [0.05, 0.1) is 11.7 Å². The number of halogens is 2. The number of ether oxygens (including phenoxy) is 1. The molecule has 1 heterocycles. The van der Waals surface area contributed by atoms with Crippen molar-refractivity contribution in [3.8, 4) is 5.75 Å². The van der Waals surface area contributed by atoms with E-state index in [2.05, 4.69) is 66.9 Å². The predicted octanol–water partition coefficient (Wildman–Crippen LogP) is 9.46. The lowest BCUT2D eigenvalue weighted by Gasteiger charge is -2.37. The largest absolute Gasteiger partial charge is 0.488 e. The van der Waals surface area contributed by atoms with Gasteiger partial charge in [-0.25, -0.2) is 0 Å². The molecule has 190 valence electrons. The molecule has 5 heteroatoms. The van der Waals surface area contributed by atoms with E-state index in [0.29, 0.717) is 34.2 Å². The Balaban J connectivity index is 1.20. The Bertz CT molecular complexity index is 1530. The Labute approximate surface area is 233 Å². The molecular formula is C33H28Cl2N2O. The summed E-state index contributed by atoms with van der Waals surface area (Å²) < 4.78 is 6.07. The molecule has 0 unspecified atom stereocenters. The van der Waals surface area contributed by atoms with Crippen molar-refractivity contribution in [1.82, 2.24) is 0 Å². The molecule has 0 saturated carbocycles. The number of fused-ring (bicyclic) bond motifs is 3. The molecule has 3 atom stereocenters. The van der Waals surface area contributed by atoms with E-state index in [1.54, 1.807) is 6.21 Å². The summed E-state index contributed by atoms with van der Waals surface area (Å²) in [4.78, 5) is 4.73. The van der Waals surface area contributed by atoms with E-state index in [4.69, 9.17) is 32.9 Å². The number of hydrogen-bond donors (Lipinski definition) is 1. The van der Waals surface area contributed by atoms with Crippen LogP contribution in [0.5, 0.6) is 5.75 Å². The van der Waals surface area contributed by atoms with Gasteiger partial charge in [0.2, 0.25) is 0 Å². The Morgan fingerprint density at radius 3 is 2.66 bits per heavy atom. The molecule has 0 saturated heterocycles. The van der Waals surface area contributed by atoms with E-state index >= 15 is 0 Å². The fourth-order valence-corrected chi connectivity index (χ4v) is 5.85. The summed E-state index contributed by atoms with van der Waals surface area (Å²) in [7, 11) is 0. The van der Waals surface area contributed by atoms with Crippen LogP contribution < -0.4 is 10.1 Å². The first-order valence-electron chi connectivity index (χ1n) is 12.9. The third-order valence-corrected chi connectivity index (χ3v) is 8.04. The topological polar surface area (TPSA) is 33.6 Å². The molecule has 0 aromatic heterocycles. The number of allylic oxidation sites excluding steroid dienone is 2. The summed E-state index contributed by atoms with van der Waals surface area (Å²) in [6.45, 7) is 2.53.